The Morgan fingerprint density at radius 3 is 2.70 bits per heavy atom. The second kappa shape index (κ2) is 11.8. The van der Waals surface area contributed by atoms with Crippen molar-refractivity contribution in [1.82, 2.24) is 10.2 Å². The minimum absolute atomic E-state index is 0.488. The Kier molecular flexibility index (Phi) is 9.42. The van der Waals surface area contributed by atoms with Gasteiger partial charge in [0.05, 0.1) is 26.9 Å². The lowest BCUT2D eigenvalue weighted by atomic mass is 9.98. The van der Waals surface area contributed by atoms with Crippen LogP contribution < -0.4 is 10.1 Å². The van der Waals surface area contributed by atoms with Crippen LogP contribution in [0.3, 0.4) is 0 Å². The highest BCUT2D eigenvalue weighted by Gasteiger charge is 2.24. The van der Waals surface area contributed by atoms with Crippen LogP contribution in [0.4, 0.5) is 0 Å². The smallest absolute Gasteiger partial charge is 0.193 e. The summed E-state index contributed by atoms with van der Waals surface area (Å²) in [7, 11) is 5.26. The molecule has 1 fully saturated rings. The van der Waals surface area contributed by atoms with Crippen molar-refractivity contribution in [1.29, 1.82) is 0 Å². The van der Waals surface area contributed by atoms with Crippen molar-refractivity contribution in [3.8, 4) is 5.75 Å². The molecule has 1 heterocycles. The Labute approximate surface area is 163 Å². The van der Waals surface area contributed by atoms with E-state index in [4.69, 9.17) is 14.2 Å². The lowest BCUT2D eigenvalue weighted by molar-refractivity contribution is 0.0536. The zero-order valence-electron chi connectivity index (χ0n) is 17.2. The van der Waals surface area contributed by atoms with E-state index in [1.54, 1.807) is 14.2 Å². The third-order valence-electron chi connectivity index (χ3n) is 5.13. The van der Waals surface area contributed by atoms with Gasteiger partial charge < -0.3 is 24.4 Å². The van der Waals surface area contributed by atoms with Gasteiger partial charge in [0.25, 0.3) is 0 Å². The van der Waals surface area contributed by atoms with Crippen molar-refractivity contribution >= 4 is 5.96 Å². The van der Waals surface area contributed by atoms with Crippen molar-refractivity contribution in [2.45, 2.75) is 25.7 Å². The van der Waals surface area contributed by atoms with E-state index < -0.39 is 0 Å². The van der Waals surface area contributed by atoms with Crippen LogP contribution in [0, 0.1) is 5.92 Å². The molecule has 2 atom stereocenters. The van der Waals surface area contributed by atoms with Crippen LogP contribution in [0.1, 0.15) is 31.2 Å². The van der Waals surface area contributed by atoms with Gasteiger partial charge in [-0.15, -0.1) is 0 Å². The van der Waals surface area contributed by atoms with Gasteiger partial charge >= 0.3 is 0 Å². The fourth-order valence-electron chi connectivity index (χ4n) is 3.39. The van der Waals surface area contributed by atoms with Gasteiger partial charge in [0, 0.05) is 39.7 Å². The van der Waals surface area contributed by atoms with Crippen LogP contribution in [-0.2, 0) is 9.47 Å². The van der Waals surface area contributed by atoms with Gasteiger partial charge in [0.15, 0.2) is 5.96 Å². The fraction of sp³-hybridized carbons (Fsp3) is 0.667. The molecule has 0 aliphatic carbocycles. The van der Waals surface area contributed by atoms with Crippen LogP contribution >= 0.6 is 0 Å². The predicted octanol–water partition coefficient (Wildman–Crippen LogP) is 2.75. The van der Waals surface area contributed by atoms with Gasteiger partial charge in [0.1, 0.15) is 5.75 Å². The molecule has 0 spiro atoms. The van der Waals surface area contributed by atoms with E-state index >= 15 is 0 Å². The molecule has 2 rings (SSSR count). The van der Waals surface area contributed by atoms with Gasteiger partial charge in [-0.2, -0.15) is 0 Å². The Bertz CT molecular complexity index is 562. The Hall–Kier alpha value is -1.79. The van der Waals surface area contributed by atoms with E-state index in [1.807, 2.05) is 19.2 Å². The number of methoxy groups -OCH3 is 2. The summed E-state index contributed by atoms with van der Waals surface area (Å²) in [5.74, 6) is 2.95. The largest absolute Gasteiger partial charge is 0.497 e. The van der Waals surface area contributed by atoms with Crippen LogP contribution in [-0.4, -0.2) is 71.6 Å². The van der Waals surface area contributed by atoms with Crippen LogP contribution in [0.2, 0.25) is 0 Å². The van der Waals surface area contributed by atoms with Crippen molar-refractivity contribution in [3.63, 3.8) is 0 Å². The van der Waals surface area contributed by atoms with Crippen molar-refractivity contribution < 1.29 is 14.2 Å². The topological polar surface area (TPSA) is 55.3 Å². The maximum absolute atomic E-state index is 5.68. The third-order valence-corrected chi connectivity index (χ3v) is 5.13. The van der Waals surface area contributed by atoms with Crippen LogP contribution in [0.25, 0.3) is 0 Å². The molecule has 6 nitrogen and oxygen atoms in total. The van der Waals surface area contributed by atoms with Gasteiger partial charge in [-0.25, -0.2) is 0 Å². The molecule has 1 aromatic rings. The molecule has 1 aliphatic rings. The minimum atomic E-state index is 0.488. The summed E-state index contributed by atoms with van der Waals surface area (Å²) < 4.78 is 15.9. The number of hydrogen-bond donors (Lipinski definition) is 1. The molecule has 152 valence electrons. The van der Waals surface area contributed by atoms with Gasteiger partial charge in [0.2, 0.25) is 0 Å². The number of guanidine groups is 1. The average Bonchev–Trinajstić information content (AvgIpc) is 3.17. The maximum atomic E-state index is 5.68. The first kappa shape index (κ1) is 21.5. The van der Waals surface area contributed by atoms with Crippen LogP contribution in [0.5, 0.6) is 5.75 Å². The molecular formula is C21H35N3O3. The third kappa shape index (κ3) is 7.03. The molecule has 1 aliphatic heterocycles. The quantitative estimate of drug-likeness (QED) is 0.386. The van der Waals surface area contributed by atoms with E-state index in [9.17, 15) is 0 Å². The highest BCUT2D eigenvalue weighted by atomic mass is 16.5. The molecule has 1 N–H and O–H groups in total. The Morgan fingerprint density at radius 1 is 1.26 bits per heavy atom. The van der Waals surface area contributed by atoms with Crippen molar-refractivity contribution in [2.24, 2.45) is 10.9 Å². The molecule has 1 aromatic carbocycles. The first-order chi connectivity index (χ1) is 13.2. The number of benzene rings is 1. The Balaban J connectivity index is 1.70. The zero-order valence-corrected chi connectivity index (χ0v) is 17.2. The maximum Gasteiger partial charge on any atom is 0.193 e. The number of ether oxygens (including phenoxy) is 3. The first-order valence-corrected chi connectivity index (χ1v) is 9.84. The lowest BCUT2D eigenvalue weighted by Gasteiger charge is -2.22. The second-order valence-electron chi connectivity index (χ2n) is 7.11. The molecule has 0 radical (unpaired) electrons. The van der Waals surface area contributed by atoms with Crippen molar-refractivity contribution in [2.75, 3.05) is 60.7 Å². The number of rotatable bonds is 10. The van der Waals surface area contributed by atoms with Gasteiger partial charge in [-0.1, -0.05) is 19.1 Å². The standard InChI is InChI=1S/C21H35N3O3/c1-17(19-5-7-20(26-4)8-6-19)9-11-23-21(22-2)24-12-10-18(15-24)16-27-14-13-25-3/h5-8,17-18H,9-16H2,1-4H3,(H,22,23). The molecule has 6 heteroatoms. The molecule has 27 heavy (non-hydrogen) atoms. The zero-order chi connectivity index (χ0) is 19.5. The summed E-state index contributed by atoms with van der Waals surface area (Å²) >= 11 is 0. The summed E-state index contributed by atoms with van der Waals surface area (Å²) in [5, 5.41) is 3.52. The minimum Gasteiger partial charge on any atom is -0.497 e. The molecule has 0 bridgehead atoms. The molecule has 0 aromatic heterocycles. The second-order valence-corrected chi connectivity index (χ2v) is 7.11. The molecule has 0 saturated carbocycles. The van der Waals surface area contributed by atoms with E-state index in [0.29, 0.717) is 25.0 Å². The molecule has 0 amide bonds. The van der Waals surface area contributed by atoms with E-state index in [-0.39, 0.29) is 0 Å². The average molecular weight is 378 g/mol. The number of nitrogens with one attached hydrogen (secondary N) is 1. The predicted molar refractivity (Wildman–Crippen MR) is 110 cm³/mol. The lowest BCUT2D eigenvalue weighted by Crippen LogP contribution is -2.40. The number of hydrogen-bond acceptors (Lipinski definition) is 4. The summed E-state index contributed by atoms with van der Waals surface area (Å²) in [6, 6.07) is 8.34. The summed E-state index contributed by atoms with van der Waals surface area (Å²) in [5.41, 5.74) is 1.34. The molecule has 1 saturated heterocycles. The van der Waals surface area contributed by atoms with Gasteiger partial charge in [-0.05, 0) is 36.5 Å². The summed E-state index contributed by atoms with van der Waals surface area (Å²) in [4.78, 5) is 6.80. The highest BCUT2D eigenvalue weighted by molar-refractivity contribution is 5.80. The fourth-order valence-corrected chi connectivity index (χ4v) is 3.39. The van der Waals surface area contributed by atoms with Crippen molar-refractivity contribution in [3.05, 3.63) is 29.8 Å². The number of nitrogens with zero attached hydrogens (tertiary/aromatic N) is 2. The molecule has 2 unspecified atom stereocenters. The summed E-state index contributed by atoms with van der Waals surface area (Å²) in [6.45, 7) is 7.33. The van der Waals surface area contributed by atoms with E-state index in [0.717, 1.165) is 50.8 Å². The first-order valence-electron chi connectivity index (χ1n) is 9.84. The van der Waals surface area contributed by atoms with E-state index in [2.05, 4.69) is 34.3 Å². The number of likely N-dealkylation sites (tertiary alicyclic amines) is 1. The Morgan fingerprint density at radius 2 is 2.04 bits per heavy atom. The molecular weight excluding hydrogens is 342 g/mol. The van der Waals surface area contributed by atoms with E-state index in [1.165, 1.54) is 5.56 Å². The summed E-state index contributed by atoms with van der Waals surface area (Å²) in [6.07, 6.45) is 2.21. The normalized spacial score (nSPS) is 18.6. The number of aliphatic imine (C=N–C) groups is 1. The van der Waals surface area contributed by atoms with Crippen LogP contribution in [0.15, 0.2) is 29.3 Å². The SMILES string of the molecule is CN=C(NCCC(C)c1ccc(OC)cc1)N1CCC(COCCOC)C1. The monoisotopic (exact) mass is 377 g/mol. The van der Waals surface area contributed by atoms with Gasteiger partial charge in [-0.3, -0.25) is 4.99 Å². The highest BCUT2D eigenvalue weighted by Crippen LogP contribution is 2.21.